The van der Waals surface area contributed by atoms with Gasteiger partial charge < -0.3 is 19.5 Å². The zero-order valence-corrected chi connectivity index (χ0v) is 21.1. The fourth-order valence-electron chi connectivity index (χ4n) is 4.02. The number of hydrogen-bond acceptors (Lipinski definition) is 6. The Balaban J connectivity index is 0.00000176. The predicted molar refractivity (Wildman–Crippen MR) is 134 cm³/mol. The van der Waals surface area contributed by atoms with E-state index in [4.69, 9.17) is 14.2 Å². The van der Waals surface area contributed by atoms with Crippen LogP contribution >= 0.6 is 11.3 Å². The number of carbonyl (C=O) groups excluding carboxylic acids is 1. The summed E-state index contributed by atoms with van der Waals surface area (Å²) in [7, 11) is 3.10. The van der Waals surface area contributed by atoms with Crippen LogP contribution in [0.25, 0.3) is 0 Å². The molecule has 0 bridgehead atoms. The van der Waals surface area contributed by atoms with Crippen molar-refractivity contribution in [2.75, 3.05) is 32.7 Å². The van der Waals surface area contributed by atoms with Crippen LogP contribution in [0, 0.1) is 5.92 Å². The molecule has 1 aromatic heterocycles. The van der Waals surface area contributed by atoms with Gasteiger partial charge in [0.05, 0.1) is 14.2 Å². The lowest BCUT2D eigenvalue weighted by atomic mass is 9.86. The van der Waals surface area contributed by atoms with Crippen molar-refractivity contribution in [2.24, 2.45) is 5.92 Å². The smallest absolute Gasteiger partial charge is 0.348 e. The van der Waals surface area contributed by atoms with Crippen LogP contribution in [0.5, 0.6) is 11.5 Å². The van der Waals surface area contributed by atoms with Crippen molar-refractivity contribution in [2.45, 2.75) is 65.7 Å². The number of esters is 1. The van der Waals surface area contributed by atoms with Gasteiger partial charge in [-0.2, -0.15) is 0 Å². The van der Waals surface area contributed by atoms with Gasteiger partial charge in [-0.15, -0.1) is 11.3 Å². The van der Waals surface area contributed by atoms with Crippen LogP contribution in [0.4, 0.5) is 5.69 Å². The van der Waals surface area contributed by atoms with E-state index in [0.29, 0.717) is 23.9 Å². The van der Waals surface area contributed by atoms with Crippen molar-refractivity contribution >= 4 is 23.0 Å². The molecule has 3 rings (SSSR count). The molecule has 0 aliphatic heterocycles. The second-order valence-corrected chi connectivity index (χ2v) is 8.89. The summed E-state index contributed by atoms with van der Waals surface area (Å²) in [5.74, 6) is 2.11. The number of benzene rings is 1. The van der Waals surface area contributed by atoms with Gasteiger partial charge >= 0.3 is 5.97 Å². The first-order chi connectivity index (χ1) is 15.6. The molecule has 1 aliphatic carbocycles. The molecule has 0 unspecified atom stereocenters. The van der Waals surface area contributed by atoms with Crippen molar-refractivity contribution < 1.29 is 19.0 Å². The number of rotatable bonds is 10. The van der Waals surface area contributed by atoms with Gasteiger partial charge in [-0.3, -0.25) is 0 Å². The topological polar surface area (TPSA) is 56.8 Å². The van der Waals surface area contributed by atoms with Gasteiger partial charge in [-0.1, -0.05) is 58.9 Å². The van der Waals surface area contributed by atoms with Gasteiger partial charge in [-0.25, -0.2) is 4.79 Å². The van der Waals surface area contributed by atoms with E-state index >= 15 is 0 Å². The molecule has 2 aromatic rings. The van der Waals surface area contributed by atoms with Crippen LogP contribution in [-0.2, 0) is 17.6 Å². The van der Waals surface area contributed by atoms with E-state index in [-0.39, 0.29) is 5.97 Å². The second-order valence-electron chi connectivity index (χ2n) is 7.75. The van der Waals surface area contributed by atoms with Crippen molar-refractivity contribution in [3.05, 3.63) is 39.6 Å². The van der Waals surface area contributed by atoms with E-state index in [1.807, 2.05) is 38.1 Å². The maximum Gasteiger partial charge on any atom is 0.348 e. The average molecular weight is 462 g/mol. The quantitative estimate of drug-likeness (QED) is 0.313. The zero-order valence-electron chi connectivity index (χ0n) is 20.3. The summed E-state index contributed by atoms with van der Waals surface area (Å²) in [6.07, 6.45) is 8.48. The van der Waals surface area contributed by atoms with Crippen LogP contribution in [0.1, 0.15) is 73.0 Å². The van der Waals surface area contributed by atoms with Crippen molar-refractivity contribution in [3.63, 3.8) is 0 Å². The molecular weight excluding hydrogens is 422 g/mol. The molecule has 6 heteroatoms. The minimum atomic E-state index is -0.266. The monoisotopic (exact) mass is 461 g/mol. The Morgan fingerprint density at radius 1 is 1.12 bits per heavy atom. The molecule has 0 amide bonds. The largest absolute Gasteiger partial charge is 0.497 e. The molecule has 0 spiro atoms. The van der Waals surface area contributed by atoms with E-state index in [9.17, 15) is 4.79 Å². The third kappa shape index (κ3) is 7.44. The third-order valence-corrected chi connectivity index (χ3v) is 6.86. The van der Waals surface area contributed by atoms with Gasteiger partial charge in [0.25, 0.3) is 0 Å². The minimum Gasteiger partial charge on any atom is -0.497 e. The maximum absolute atomic E-state index is 12.0. The Hall–Kier alpha value is -2.21. The fraction of sp³-hybridized carbons (Fsp3) is 0.577. The number of thiophene rings is 1. The minimum absolute atomic E-state index is 0.266. The molecule has 1 aromatic carbocycles. The molecule has 32 heavy (non-hydrogen) atoms. The van der Waals surface area contributed by atoms with Crippen LogP contribution in [0.15, 0.2) is 24.3 Å². The summed E-state index contributed by atoms with van der Waals surface area (Å²) in [6, 6.07) is 7.87. The van der Waals surface area contributed by atoms with Gasteiger partial charge in [0.2, 0.25) is 0 Å². The lowest BCUT2D eigenvalue weighted by Gasteiger charge is -2.21. The summed E-state index contributed by atoms with van der Waals surface area (Å²) in [4.78, 5) is 13.9. The Morgan fingerprint density at radius 3 is 2.53 bits per heavy atom. The molecule has 0 atom stereocenters. The predicted octanol–water partition coefficient (Wildman–Crippen LogP) is 6.75. The molecule has 5 nitrogen and oxygen atoms in total. The molecule has 1 N–H and O–H groups in total. The van der Waals surface area contributed by atoms with Crippen LogP contribution in [0.2, 0.25) is 0 Å². The van der Waals surface area contributed by atoms with E-state index < -0.39 is 0 Å². The van der Waals surface area contributed by atoms with Crippen LogP contribution in [-0.4, -0.2) is 33.3 Å². The first-order valence-corrected chi connectivity index (χ1v) is 12.7. The van der Waals surface area contributed by atoms with E-state index in [1.165, 1.54) is 44.1 Å². The number of aryl methyl sites for hydroxylation is 1. The molecule has 0 radical (unpaired) electrons. The highest BCUT2D eigenvalue weighted by Gasteiger charge is 2.20. The summed E-state index contributed by atoms with van der Waals surface area (Å²) < 4.78 is 16.3. The lowest BCUT2D eigenvalue weighted by Crippen LogP contribution is -2.14. The Labute approximate surface area is 197 Å². The molecule has 1 fully saturated rings. The number of anilines is 1. The molecule has 178 valence electrons. The molecule has 1 heterocycles. The number of hydrogen-bond donors (Lipinski definition) is 1. The van der Waals surface area contributed by atoms with Crippen molar-refractivity contribution in [1.29, 1.82) is 0 Å². The summed E-state index contributed by atoms with van der Waals surface area (Å²) in [6.45, 7) is 7.31. The molecule has 0 saturated heterocycles. The van der Waals surface area contributed by atoms with E-state index in [0.717, 1.165) is 35.6 Å². The summed E-state index contributed by atoms with van der Waals surface area (Å²) >= 11 is 1.56. The first kappa shape index (κ1) is 26.0. The molecule has 1 aliphatic rings. The average Bonchev–Trinajstić information content (AvgIpc) is 3.25. The maximum atomic E-state index is 12.0. The third-order valence-electron chi connectivity index (χ3n) is 5.72. The standard InChI is InChI=1S/C24H33NO4S.C2H6/c1-4-18-10-11-19(27-2)15-21(18)29-13-12-25-20-16-23(24(26)28-3)30-22(20)14-17-8-6-5-7-9-17;1-2/h10-11,15-17,25H,4-9,12-14H2,1-3H3;1-2H3. The highest BCUT2D eigenvalue weighted by Crippen LogP contribution is 2.34. The number of carbonyl (C=O) groups is 1. The highest BCUT2D eigenvalue weighted by atomic mass is 32.1. The number of ether oxygens (including phenoxy) is 3. The van der Waals surface area contributed by atoms with Gasteiger partial charge in [-0.05, 0) is 36.5 Å². The van der Waals surface area contributed by atoms with Gasteiger partial charge in [0.1, 0.15) is 23.0 Å². The van der Waals surface area contributed by atoms with Gasteiger partial charge in [0.15, 0.2) is 0 Å². The first-order valence-electron chi connectivity index (χ1n) is 11.9. The van der Waals surface area contributed by atoms with E-state index in [2.05, 4.69) is 12.2 Å². The Kier molecular flexibility index (Phi) is 11.4. The summed E-state index contributed by atoms with van der Waals surface area (Å²) in [5.41, 5.74) is 2.20. The van der Waals surface area contributed by atoms with Gasteiger partial charge in [0, 0.05) is 23.2 Å². The van der Waals surface area contributed by atoms with Crippen LogP contribution in [0.3, 0.4) is 0 Å². The van der Waals surface area contributed by atoms with Crippen molar-refractivity contribution in [1.82, 2.24) is 0 Å². The fourth-order valence-corrected chi connectivity index (χ4v) is 5.19. The van der Waals surface area contributed by atoms with Crippen LogP contribution < -0.4 is 14.8 Å². The lowest BCUT2D eigenvalue weighted by molar-refractivity contribution is 0.0606. The highest BCUT2D eigenvalue weighted by molar-refractivity contribution is 7.14. The number of methoxy groups -OCH3 is 2. The number of nitrogens with one attached hydrogen (secondary N) is 1. The summed E-state index contributed by atoms with van der Waals surface area (Å²) in [5, 5.41) is 3.48. The second kappa shape index (κ2) is 14.0. The Morgan fingerprint density at radius 2 is 1.88 bits per heavy atom. The molecular formula is C26H39NO4S. The SMILES string of the molecule is CC.CCc1ccc(OC)cc1OCCNc1cc(C(=O)OC)sc1CC1CCCCC1. The normalized spacial score (nSPS) is 13.7. The molecule has 1 saturated carbocycles. The van der Waals surface area contributed by atoms with E-state index in [1.54, 1.807) is 18.4 Å². The van der Waals surface area contributed by atoms with Crippen molar-refractivity contribution in [3.8, 4) is 11.5 Å². The Bertz CT molecular complexity index is 827. The zero-order chi connectivity index (χ0) is 23.3.